The summed E-state index contributed by atoms with van der Waals surface area (Å²) in [5, 5.41) is 3.20. The molecular weight excluding hydrogens is 610 g/mol. The van der Waals surface area contributed by atoms with Crippen LogP contribution in [0.1, 0.15) is 40.2 Å². The molecule has 1 atom stereocenters. The fourth-order valence-corrected chi connectivity index (χ4v) is 6.37. The maximum atomic E-state index is 13.4. The lowest BCUT2D eigenvalue weighted by atomic mass is 9.78. The van der Waals surface area contributed by atoms with Crippen LogP contribution in [0.5, 0.6) is 0 Å². The van der Waals surface area contributed by atoms with E-state index in [1.54, 1.807) is 18.2 Å². The summed E-state index contributed by atoms with van der Waals surface area (Å²) in [7, 11) is 0. The molecule has 6 nitrogen and oxygen atoms in total. The molecule has 1 amide bonds. The van der Waals surface area contributed by atoms with Crippen molar-refractivity contribution in [2.24, 2.45) is 0 Å². The van der Waals surface area contributed by atoms with Crippen LogP contribution in [0.4, 0.5) is 4.79 Å². The van der Waals surface area contributed by atoms with Gasteiger partial charge >= 0.3 is 12.1 Å². The maximum Gasteiger partial charge on any atom is 0.407 e. The molecule has 0 radical (unpaired) electrons. The van der Waals surface area contributed by atoms with E-state index in [2.05, 4.69) is 41.0 Å². The second-order valence-corrected chi connectivity index (χ2v) is 11.7. The normalized spacial score (nSPS) is 14.1. The van der Waals surface area contributed by atoms with Gasteiger partial charge in [-0.3, -0.25) is 4.79 Å². The molecule has 1 N–H and O–H groups in total. The number of carbonyl (C=O) groups is 2. The van der Waals surface area contributed by atoms with Gasteiger partial charge in [-0.2, -0.15) is 0 Å². The van der Waals surface area contributed by atoms with Crippen LogP contribution in [-0.4, -0.2) is 38.4 Å². The van der Waals surface area contributed by atoms with Gasteiger partial charge in [-0.15, -0.1) is 0 Å². The van der Waals surface area contributed by atoms with Gasteiger partial charge in [-0.05, 0) is 53.5 Å². The highest BCUT2D eigenvalue weighted by atomic mass is 35.5. The number of amides is 1. The largest absolute Gasteiger partial charge is 0.449 e. The Hall–Kier alpha value is -5.09. The summed E-state index contributed by atoms with van der Waals surface area (Å²) >= 11 is 6.74. The minimum Gasteiger partial charge on any atom is -0.449 e. The van der Waals surface area contributed by atoms with Crippen LogP contribution in [0.15, 0.2) is 132 Å². The number of benzene rings is 4. The lowest BCUT2D eigenvalue weighted by Gasteiger charge is -2.36. The van der Waals surface area contributed by atoms with Crippen LogP contribution in [0.3, 0.4) is 0 Å². The molecule has 0 bridgehead atoms. The molecule has 6 rings (SSSR count). The van der Waals surface area contributed by atoms with Crippen LogP contribution >= 0.6 is 11.6 Å². The molecule has 0 heterocycles. The van der Waals surface area contributed by atoms with Crippen LogP contribution in [-0.2, 0) is 24.6 Å². The topological polar surface area (TPSA) is 73.9 Å². The van der Waals surface area contributed by atoms with Crippen molar-refractivity contribution in [2.75, 3.05) is 26.4 Å². The predicted octanol–water partition coefficient (Wildman–Crippen LogP) is 8.19. The quantitative estimate of drug-likeness (QED) is 0.0957. The van der Waals surface area contributed by atoms with Crippen LogP contribution in [0.25, 0.3) is 11.1 Å². The number of rotatable bonds is 12. The van der Waals surface area contributed by atoms with E-state index in [0.29, 0.717) is 16.2 Å². The number of aryl methyl sites for hydroxylation is 1. The van der Waals surface area contributed by atoms with Crippen molar-refractivity contribution in [1.29, 1.82) is 0 Å². The molecule has 0 saturated carbocycles. The number of nitrogens with one attached hydrogen (secondary N) is 1. The van der Waals surface area contributed by atoms with Crippen molar-refractivity contribution >= 4 is 23.7 Å². The van der Waals surface area contributed by atoms with E-state index >= 15 is 0 Å². The van der Waals surface area contributed by atoms with E-state index in [4.69, 9.17) is 25.8 Å². The molecule has 1 unspecified atom stereocenters. The Bertz CT molecular complexity index is 1870. The standard InChI is InChI=1S/C40H34ClNO5/c1-28-19-21-30(22-20-28)40(29-11-3-2-4-12-29,36-17-9-10-18-37(36)41)47-38(43)23-25-45-26-24-42-39(44)46-27-35-33-15-7-5-13-31(33)32-14-6-8-16-34(32)35/h3,5-22,35H,23-27H2,1H3,(H,42,44). The van der Waals surface area contributed by atoms with Crippen molar-refractivity contribution < 1.29 is 23.8 Å². The first-order valence-corrected chi connectivity index (χ1v) is 15.9. The van der Waals surface area contributed by atoms with E-state index in [9.17, 15) is 9.59 Å². The number of ether oxygens (including phenoxy) is 3. The molecule has 0 fully saturated rings. The van der Waals surface area contributed by atoms with Gasteiger partial charge in [-0.1, -0.05) is 120 Å². The molecule has 47 heavy (non-hydrogen) atoms. The molecule has 7 heteroatoms. The number of fused-ring (bicyclic) bond motifs is 3. The number of alkyl carbamates (subject to hydrolysis) is 1. The SMILES string of the molecule is Cc1ccc(C(OC(=O)CCOCCNC(=O)OCC2c3ccccc3-c3ccccc32)(C2=CC=C=C=C2)c2ccccc2Cl)cc1. The highest BCUT2D eigenvalue weighted by Gasteiger charge is 2.43. The lowest BCUT2D eigenvalue weighted by Crippen LogP contribution is -2.36. The average molecular weight is 644 g/mol. The molecule has 2 aliphatic rings. The minimum absolute atomic E-state index is 0.00825. The summed E-state index contributed by atoms with van der Waals surface area (Å²) in [4.78, 5) is 25.9. The molecule has 4 aromatic carbocycles. The molecule has 0 saturated heterocycles. The summed E-state index contributed by atoms with van der Waals surface area (Å²) in [6.07, 6.45) is 4.80. The van der Waals surface area contributed by atoms with Crippen LogP contribution in [0.2, 0.25) is 5.02 Å². The van der Waals surface area contributed by atoms with Gasteiger partial charge in [0.1, 0.15) is 6.61 Å². The van der Waals surface area contributed by atoms with E-state index in [0.717, 1.165) is 22.3 Å². The third-order valence-corrected chi connectivity index (χ3v) is 8.68. The zero-order chi connectivity index (χ0) is 32.6. The van der Waals surface area contributed by atoms with E-state index in [-0.39, 0.29) is 38.7 Å². The fourth-order valence-electron chi connectivity index (χ4n) is 6.11. The second kappa shape index (κ2) is 14.6. The molecule has 236 valence electrons. The summed E-state index contributed by atoms with van der Waals surface area (Å²) in [6, 6.07) is 31.6. The van der Waals surface area contributed by atoms with Gasteiger partial charge in [0.05, 0.1) is 19.6 Å². The Kier molecular flexibility index (Phi) is 9.87. The van der Waals surface area contributed by atoms with Gasteiger partial charge in [0.2, 0.25) is 0 Å². The number of hydrogen-bond acceptors (Lipinski definition) is 5. The highest BCUT2D eigenvalue weighted by Crippen LogP contribution is 2.46. The van der Waals surface area contributed by atoms with Crippen molar-refractivity contribution in [3.8, 4) is 11.1 Å². The number of esters is 1. The molecule has 0 aromatic heterocycles. The molecular formula is C40H34ClNO5. The van der Waals surface area contributed by atoms with E-state index < -0.39 is 17.7 Å². The third-order valence-electron chi connectivity index (χ3n) is 8.35. The Labute approximate surface area is 279 Å². The Balaban J connectivity index is 1.03. The maximum absolute atomic E-state index is 13.4. The fraction of sp³-hybridized carbons (Fsp3) is 0.200. The number of hydrogen-bond donors (Lipinski definition) is 1. The Morgan fingerprint density at radius 3 is 2.21 bits per heavy atom. The first kappa shape index (κ1) is 31.9. The monoisotopic (exact) mass is 643 g/mol. The van der Waals surface area contributed by atoms with Crippen molar-refractivity contribution in [3.63, 3.8) is 0 Å². The van der Waals surface area contributed by atoms with Gasteiger partial charge in [0.15, 0.2) is 5.60 Å². The molecule has 2 aliphatic carbocycles. The first-order valence-electron chi connectivity index (χ1n) is 15.6. The summed E-state index contributed by atoms with van der Waals surface area (Å²) in [6.45, 7) is 2.77. The van der Waals surface area contributed by atoms with Crippen molar-refractivity contribution in [1.82, 2.24) is 5.32 Å². The van der Waals surface area contributed by atoms with Gasteiger partial charge in [0.25, 0.3) is 0 Å². The molecule has 0 spiro atoms. The Morgan fingerprint density at radius 1 is 0.851 bits per heavy atom. The van der Waals surface area contributed by atoms with Crippen molar-refractivity contribution in [3.05, 3.63) is 165 Å². The average Bonchev–Trinajstić information content (AvgIpc) is 3.42. The Morgan fingerprint density at radius 2 is 1.53 bits per heavy atom. The van der Waals surface area contributed by atoms with E-state index in [1.807, 2.05) is 79.7 Å². The summed E-state index contributed by atoms with van der Waals surface area (Å²) < 4.78 is 17.6. The zero-order valence-corrected chi connectivity index (χ0v) is 26.8. The van der Waals surface area contributed by atoms with Crippen molar-refractivity contribution in [2.45, 2.75) is 24.9 Å². The highest BCUT2D eigenvalue weighted by molar-refractivity contribution is 6.31. The van der Waals surface area contributed by atoms with Gasteiger partial charge < -0.3 is 19.5 Å². The van der Waals surface area contributed by atoms with Crippen LogP contribution in [0, 0.1) is 6.92 Å². The predicted molar refractivity (Wildman–Crippen MR) is 182 cm³/mol. The summed E-state index contributed by atoms with van der Waals surface area (Å²) in [5.41, 5.74) is 12.4. The van der Waals surface area contributed by atoms with Gasteiger partial charge in [-0.25, -0.2) is 4.79 Å². The molecule has 0 aliphatic heterocycles. The van der Waals surface area contributed by atoms with Crippen LogP contribution < -0.4 is 5.32 Å². The number of halogens is 1. The zero-order valence-electron chi connectivity index (χ0n) is 26.0. The number of allylic oxidation sites excluding steroid dienone is 2. The van der Waals surface area contributed by atoms with E-state index in [1.165, 1.54) is 11.1 Å². The minimum atomic E-state index is -1.32. The summed E-state index contributed by atoms with van der Waals surface area (Å²) in [5.74, 6) is -0.483. The smallest absolute Gasteiger partial charge is 0.407 e. The second-order valence-electron chi connectivity index (χ2n) is 11.3. The van der Waals surface area contributed by atoms with Gasteiger partial charge in [0, 0.05) is 34.2 Å². The third kappa shape index (κ3) is 6.88. The first-order chi connectivity index (χ1) is 23.0. The number of carbonyl (C=O) groups excluding carboxylic acids is 2. The lowest BCUT2D eigenvalue weighted by molar-refractivity contribution is -0.154. The molecule has 4 aromatic rings.